The van der Waals surface area contributed by atoms with Gasteiger partial charge in [-0.25, -0.2) is 4.98 Å². The molecule has 1 N–H and O–H groups in total. The molecule has 33 heavy (non-hydrogen) atoms. The third-order valence-corrected chi connectivity index (χ3v) is 6.62. The Morgan fingerprint density at radius 1 is 1.09 bits per heavy atom. The van der Waals surface area contributed by atoms with Crippen LogP contribution in [0.15, 0.2) is 84.6 Å². The molecule has 160 valence electrons. The molecule has 0 radical (unpaired) electrons. The molecular formula is C26H17ClN4OS. The quantitative estimate of drug-likeness (QED) is 0.236. The summed E-state index contributed by atoms with van der Waals surface area (Å²) in [7, 11) is 0. The molecule has 0 spiro atoms. The average molecular weight is 469 g/mol. The first-order valence-corrected chi connectivity index (χ1v) is 11.4. The van der Waals surface area contributed by atoms with Crippen LogP contribution in [-0.2, 0) is 11.3 Å². The van der Waals surface area contributed by atoms with Crippen LogP contribution < -0.4 is 5.32 Å². The minimum absolute atomic E-state index is 0.00917. The van der Waals surface area contributed by atoms with Gasteiger partial charge in [0.25, 0.3) is 5.91 Å². The van der Waals surface area contributed by atoms with E-state index >= 15 is 0 Å². The van der Waals surface area contributed by atoms with E-state index in [2.05, 4.69) is 14.9 Å². The van der Waals surface area contributed by atoms with Crippen molar-refractivity contribution in [3.05, 3.63) is 101 Å². The molecule has 0 atom stereocenters. The number of fused-ring (bicyclic) bond motifs is 2. The van der Waals surface area contributed by atoms with Gasteiger partial charge in [-0.15, -0.1) is 0 Å². The van der Waals surface area contributed by atoms with E-state index in [1.54, 1.807) is 6.08 Å². The van der Waals surface area contributed by atoms with Crippen molar-refractivity contribution in [3.63, 3.8) is 0 Å². The van der Waals surface area contributed by atoms with E-state index in [0.29, 0.717) is 16.7 Å². The molecule has 0 aliphatic heterocycles. The molecule has 0 fully saturated rings. The average Bonchev–Trinajstić information content (AvgIpc) is 3.39. The highest BCUT2D eigenvalue weighted by Gasteiger charge is 2.15. The predicted octanol–water partition coefficient (Wildman–Crippen LogP) is 6.50. The molecule has 7 heteroatoms. The normalized spacial score (nSPS) is 11.6. The highest BCUT2D eigenvalue weighted by molar-refractivity contribution is 7.22. The minimum atomic E-state index is -0.487. The lowest BCUT2D eigenvalue weighted by atomic mass is 10.1. The maximum absolute atomic E-state index is 12.8. The van der Waals surface area contributed by atoms with E-state index in [-0.39, 0.29) is 5.57 Å². The van der Waals surface area contributed by atoms with Crippen molar-refractivity contribution in [2.75, 3.05) is 5.32 Å². The van der Waals surface area contributed by atoms with E-state index in [1.807, 2.05) is 85.1 Å². The second kappa shape index (κ2) is 8.91. The largest absolute Gasteiger partial charge is 0.342 e. The van der Waals surface area contributed by atoms with Crippen LogP contribution in [0.4, 0.5) is 5.13 Å². The number of amides is 1. The van der Waals surface area contributed by atoms with Gasteiger partial charge < -0.3 is 4.57 Å². The van der Waals surface area contributed by atoms with Crippen LogP contribution in [0.3, 0.4) is 0 Å². The number of hydrogen-bond acceptors (Lipinski definition) is 4. The number of carbonyl (C=O) groups is 1. The van der Waals surface area contributed by atoms with Crippen LogP contribution in [0.25, 0.3) is 27.2 Å². The van der Waals surface area contributed by atoms with E-state index in [1.165, 1.54) is 11.3 Å². The van der Waals surface area contributed by atoms with Crippen molar-refractivity contribution in [1.29, 1.82) is 5.26 Å². The van der Waals surface area contributed by atoms with Gasteiger partial charge in [0.05, 0.1) is 10.2 Å². The maximum Gasteiger partial charge on any atom is 0.268 e. The van der Waals surface area contributed by atoms with E-state index in [4.69, 9.17) is 11.6 Å². The van der Waals surface area contributed by atoms with Crippen molar-refractivity contribution in [2.24, 2.45) is 0 Å². The fraction of sp³-hybridized carbons (Fsp3) is 0.0385. The van der Waals surface area contributed by atoms with Gasteiger partial charge in [0.2, 0.25) is 0 Å². The maximum atomic E-state index is 12.8. The topological polar surface area (TPSA) is 70.7 Å². The molecule has 0 bridgehead atoms. The molecule has 1 amide bonds. The summed E-state index contributed by atoms with van der Waals surface area (Å²) in [5.74, 6) is -0.487. The van der Waals surface area contributed by atoms with Crippen LogP contribution in [-0.4, -0.2) is 15.5 Å². The number of thiazole rings is 1. The molecule has 2 aromatic heterocycles. The van der Waals surface area contributed by atoms with Gasteiger partial charge in [-0.3, -0.25) is 10.1 Å². The minimum Gasteiger partial charge on any atom is -0.342 e. The summed E-state index contributed by atoms with van der Waals surface area (Å²) in [5.41, 5.74) is 3.59. The Balaban J connectivity index is 1.48. The molecule has 5 nitrogen and oxygen atoms in total. The highest BCUT2D eigenvalue weighted by Crippen LogP contribution is 2.28. The van der Waals surface area contributed by atoms with Crippen molar-refractivity contribution in [2.45, 2.75) is 6.54 Å². The molecule has 0 saturated heterocycles. The molecular weight excluding hydrogens is 452 g/mol. The Morgan fingerprint density at radius 2 is 1.85 bits per heavy atom. The lowest BCUT2D eigenvalue weighted by molar-refractivity contribution is -0.112. The van der Waals surface area contributed by atoms with Gasteiger partial charge in [0.15, 0.2) is 5.13 Å². The van der Waals surface area contributed by atoms with Crippen molar-refractivity contribution < 1.29 is 4.79 Å². The van der Waals surface area contributed by atoms with Gasteiger partial charge in [0.1, 0.15) is 11.6 Å². The zero-order chi connectivity index (χ0) is 22.8. The second-order valence-electron chi connectivity index (χ2n) is 7.43. The van der Waals surface area contributed by atoms with E-state index < -0.39 is 5.91 Å². The zero-order valence-corrected chi connectivity index (χ0v) is 18.9. The number of aromatic nitrogens is 2. The van der Waals surface area contributed by atoms with Crippen LogP contribution in [0, 0.1) is 11.3 Å². The molecule has 5 rings (SSSR count). The Kier molecular flexibility index (Phi) is 5.66. The Labute approximate surface area is 199 Å². The number of nitrogens with zero attached hydrogens (tertiary/aromatic N) is 3. The first-order valence-electron chi connectivity index (χ1n) is 10.2. The fourth-order valence-electron chi connectivity index (χ4n) is 3.73. The van der Waals surface area contributed by atoms with Crippen LogP contribution >= 0.6 is 22.9 Å². The predicted molar refractivity (Wildman–Crippen MR) is 134 cm³/mol. The van der Waals surface area contributed by atoms with Crippen LogP contribution in [0.5, 0.6) is 0 Å². The molecule has 0 unspecified atom stereocenters. The van der Waals surface area contributed by atoms with Crippen molar-refractivity contribution in [3.8, 4) is 6.07 Å². The highest BCUT2D eigenvalue weighted by atomic mass is 35.5. The summed E-state index contributed by atoms with van der Waals surface area (Å²) >= 11 is 7.73. The summed E-state index contributed by atoms with van der Waals surface area (Å²) in [4.78, 5) is 17.3. The number of rotatable bonds is 5. The number of para-hydroxylation sites is 2. The van der Waals surface area contributed by atoms with Gasteiger partial charge in [-0.2, -0.15) is 5.26 Å². The van der Waals surface area contributed by atoms with E-state index in [0.717, 1.165) is 32.2 Å². The third-order valence-electron chi connectivity index (χ3n) is 5.30. The Hall–Kier alpha value is -3.92. The van der Waals surface area contributed by atoms with Gasteiger partial charge >= 0.3 is 0 Å². The molecule has 5 aromatic rings. The van der Waals surface area contributed by atoms with Crippen LogP contribution in [0.1, 0.15) is 11.1 Å². The van der Waals surface area contributed by atoms with Gasteiger partial charge in [-0.05, 0) is 35.9 Å². The first kappa shape index (κ1) is 21.0. The first-order chi connectivity index (χ1) is 16.1. The number of anilines is 1. The summed E-state index contributed by atoms with van der Waals surface area (Å²) in [6.07, 6.45) is 3.56. The summed E-state index contributed by atoms with van der Waals surface area (Å²) in [5, 5.41) is 14.6. The number of carbonyl (C=O) groups excluding carboxylic acids is 1. The van der Waals surface area contributed by atoms with Gasteiger partial charge in [-0.1, -0.05) is 71.5 Å². The van der Waals surface area contributed by atoms with E-state index in [9.17, 15) is 10.1 Å². The van der Waals surface area contributed by atoms with Crippen LogP contribution in [0.2, 0.25) is 5.02 Å². The Morgan fingerprint density at radius 3 is 2.67 bits per heavy atom. The van der Waals surface area contributed by atoms with Crippen molar-refractivity contribution in [1.82, 2.24) is 9.55 Å². The second-order valence-corrected chi connectivity index (χ2v) is 8.87. The third kappa shape index (κ3) is 4.24. The summed E-state index contributed by atoms with van der Waals surface area (Å²) in [6, 6.07) is 25.3. The monoisotopic (exact) mass is 468 g/mol. The lowest BCUT2D eigenvalue weighted by Gasteiger charge is -2.07. The number of nitriles is 1. The fourth-order valence-corrected chi connectivity index (χ4v) is 4.78. The number of nitrogens with one attached hydrogen (secondary N) is 1. The molecule has 0 aliphatic carbocycles. The number of benzene rings is 3. The number of hydrogen-bond donors (Lipinski definition) is 1. The molecule has 0 saturated carbocycles. The molecule has 0 aliphatic rings. The van der Waals surface area contributed by atoms with Crippen molar-refractivity contribution >= 4 is 61.2 Å². The van der Waals surface area contributed by atoms with Gasteiger partial charge in [0, 0.05) is 34.2 Å². The smallest absolute Gasteiger partial charge is 0.268 e. The zero-order valence-electron chi connectivity index (χ0n) is 17.3. The lowest BCUT2D eigenvalue weighted by Crippen LogP contribution is -2.13. The molecule has 2 heterocycles. The summed E-state index contributed by atoms with van der Waals surface area (Å²) in [6.45, 7) is 0.577. The summed E-state index contributed by atoms with van der Waals surface area (Å²) < 4.78 is 3.04. The molecule has 3 aromatic carbocycles. The standard InChI is InChI=1S/C26H17ClN4OS/c27-21-9-3-1-7-17(21)15-31-16-19(20-8-2-5-11-23(20)31)13-18(14-28)25(32)30-26-29-22-10-4-6-12-24(22)33-26/h1-13,16H,15H2,(H,29,30,32)/b18-13+. The Bertz CT molecular complexity index is 1540. The number of halogens is 1. The SMILES string of the molecule is N#C/C(=C\c1cn(Cc2ccccc2Cl)c2ccccc12)C(=O)Nc1nc2ccccc2s1.